The molecule has 1 aliphatic carbocycles. The number of ether oxygens (including phenoxy) is 1. The zero-order chi connectivity index (χ0) is 19.7. The summed E-state index contributed by atoms with van der Waals surface area (Å²) in [5, 5.41) is 0. The first-order valence-electron chi connectivity index (χ1n) is 9.42. The second kappa shape index (κ2) is 7.50. The summed E-state index contributed by atoms with van der Waals surface area (Å²) in [5.74, 6) is -1.37. The number of fused-ring (bicyclic) bond motifs is 2. The third-order valence-corrected chi connectivity index (χ3v) is 5.35. The van der Waals surface area contributed by atoms with Gasteiger partial charge in [-0.25, -0.2) is 9.97 Å². The van der Waals surface area contributed by atoms with E-state index in [2.05, 4.69) is 9.97 Å². The van der Waals surface area contributed by atoms with Crippen LogP contribution in [0.1, 0.15) is 30.7 Å². The van der Waals surface area contributed by atoms with E-state index in [1.54, 1.807) is 0 Å². The number of hydrogen-bond acceptors (Lipinski definition) is 6. The van der Waals surface area contributed by atoms with Crippen molar-refractivity contribution in [1.82, 2.24) is 14.9 Å². The Hall–Kier alpha value is -3.09. The van der Waals surface area contributed by atoms with Crippen molar-refractivity contribution in [2.75, 3.05) is 6.54 Å². The molecule has 2 aromatic rings. The maximum absolute atomic E-state index is 12.4. The van der Waals surface area contributed by atoms with Gasteiger partial charge in [0.2, 0.25) is 11.8 Å². The third kappa shape index (κ3) is 3.40. The van der Waals surface area contributed by atoms with Crippen LogP contribution >= 0.6 is 0 Å². The van der Waals surface area contributed by atoms with Gasteiger partial charge in [0.1, 0.15) is 6.61 Å². The molecule has 1 aromatic heterocycles. The molecule has 4 rings (SSSR count). The normalized spacial score (nSPS) is 21.2. The van der Waals surface area contributed by atoms with E-state index in [1.807, 2.05) is 43.3 Å². The molecule has 28 heavy (non-hydrogen) atoms. The number of aryl methyl sites for hydroxylation is 1. The number of imide groups is 1. The van der Waals surface area contributed by atoms with Crippen LogP contribution in [0, 0.1) is 18.8 Å². The molecular formula is C21H21N3O4. The number of esters is 1. The number of hydrogen-bond donors (Lipinski definition) is 0. The minimum absolute atomic E-state index is 0.0135. The standard InChI is InChI=1S/C21H21N3O4/c1-13-18(23-17-9-5-4-8-16(17)22-13)12-28-19(25)10-11-24-20(26)14-6-2-3-7-15(14)21(24)27/h2-5,8-9,14-15H,6-7,10-12H2,1H3/t14-,15-/m0/s1. The Labute approximate surface area is 162 Å². The molecule has 2 amide bonds. The molecule has 2 aliphatic rings. The molecule has 7 heteroatoms. The molecule has 1 fully saturated rings. The van der Waals surface area contributed by atoms with E-state index in [9.17, 15) is 14.4 Å². The highest BCUT2D eigenvalue weighted by atomic mass is 16.5. The molecule has 2 atom stereocenters. The quantitative estimate of drug-likeness (QED) is 0.450. The SMILES string of the molecule is Cc1nc2ccccc2nc1COC(=O)CCN1C(=O)[C@H]2CC=CC[C@@H]2C1=O. The van der Waals surface area contributed by atoms with E-state index < -0.39 is 5.97 Å². The van der Waals surface area contributed by atoms with Gasteiger partial charge in [-0.3, -0.25) is 19.3 Å². The summed E-state index contributed by atoms with van der Waals surface area (Å²) in [5.41, 5.74) is 2.83. The lowest BCUT2D eigenvalue weighted by molar-refractivity contribution is -0.146. The fourth-order valence-electron chi connectivity index (χ4n) is 3.77. The van der Waals surface area contributed by atoms with Gasteiger partial charge in [-0.1, -0.05) is 24.3 Å². The minimum atomic E-state index is -0.469. The fraction of sp³-hybridized carbons (Fsp3) is 0.381. The smallest absolute Gasteiger partial charge is 0.307 e. The molecule has 144 valence electrons. The second-order valence-corrected chi connectivity index (χ2v) is 7.14. The molecular weight excluding hydrogens is 358 g/mol. The van der Waals surface area contributed by atoms with Crippen LogP contribution in [0.5, 0.6) is 0 Å². The first-order valence-corrected chi connectivity index (χ1v) is 9.42. The van der Waals surface area contributed by atoms with Crippen LogP contribution in [0.15, 0.2) is 36.4 Å². The van der Waals surface area contributed by atoms with E-state index in [-0.39, 0.29) is 43.2 Å². The second-order valence-electron chi connectivity index (χ2n) is 7.14. The van der Waals surface area contributed by atoms with Crippen LogP contribution in [0.25, 0.3) is 11.0 Å². The van der Waals surface area contributed by atoms with Gasteiger partial charge in [-0.15, -0.1) is 0 Å². The predicted molar refractivity (Wildman–Crippen MR) is 101 cm³/mol. The van der Waals surface area contributed by atoms with Crippen LogP contribution < -0.4 is 0 Å². The van der Waals surface area contributed by atoms with E-state index >= 15 is 0 Å². The molecule has 0 radical (unpaired) electrons. The zero-order valence-corrected chi connectivity index (χ0v) is 15.6. The number of benzene rings is 1. The summed E-state index contributed by atoms with van der Waals surface area (Å²) in [7, 11) is 0. The van der Waals surface area contributed by atoms with Crippen molar-refractivity contribution in [3.05, 3.63) is 47.8 Å². The van der Waals surface area contributed by atoms with Crippen molar-refractivity contribution in [2.24, 2.45) is 11.8 Å². The highest BCUT2D eigenvalue weighted by Crippen LogP contribution is 2.35. The number of carbonyl (C=O) groups is 3. The van der Waals surface area contributed by atoms with Gasteiger partial charge in [-0.05, 0) is 31.9 Å². The number of allylic oxidation sites excluding steroid dienone is 2. The molecule has 0 N–H and O–H groups in total. The van der Waals surface area contributed by atoms with Gasteiger partial charge in [0.25, 0.3) is 0 Å². The number of rotatable bonds is 5. The molecule has 0 spiro atoms. The van der Waals surface area contributed by atoms with Crippen LogP contribution in [0.3, 0.4) is 0 Å². The van der Waals surface area contributed by atoms with Crippen LogP contribution in [0.2, 0.25) is 0 Å². The topological polar surface area (TPSA) is 89.5 Å². The van der Waals surface area contributed by atoms with Gasteiger partial charge in [-0.2, -0.15) is 0 Å². The highest BCUT2D eigenvalue weighted by Gasteiger charge is 2.46. The first-order chi connectivity index (χ1) is 13.5. The van der Waals surface area contributed by atoms with Crippen molar-refractivity contribution in [2.45, 2.75) is 32.8 Å². The van der Waals surface area contributed by atoms with Crippen LogP contribution in [-0.2, 0) is 25.7 Å². The summed E-state index contributed by atoms with van der Waals surface area (Å²) < 4.78 is 5.30. The minimum Gasteiger partial charge on any atom is -0.459 e. The van der Waals surface area contributed by atoms with Crippen LogP contribution in [0.4, 0.5) is 0 Å². The van der Waals surface area contributed by atoms with Crippen molar-refractivity contribution >= 4 is 28.8 Å². The lowest BCUT2D eigenvalue weighted by Gasteiger charge is -2.14. The van der Waals surface area contributed by atoms with Crippen molar-refractivity contribution in [3.8, 4) is 0 Å². The number of para-hydroxylation sites is 2. The Balaban J connectivity index is 1.34. The average Bonchev–Trinajstić information content (AvgIpc) is 2.95. The van der Waals surface area contributed by atoms with Gasteiger partial charge < -0.3 is 4.74 Å². The van der Waals surface area contributed by atoms with Crippen molar-refractivity contribution < 1.29 is 19.1 Å². The Kier molecular flexibility index (Phi) is 4.90. The van der Waals surface area contributed by atoms with Crippen molar-refractivity contribution in [3.63, 3.8) is 0 Å². The zero-order valence-electron chi connectivity index (χ0n) is 15.6. The number of aromatic nitrogens is 2. The number of likely N-dealkylation sites (tertiary alicyclic amines) is 1. The van der Waals surface area contributed by atoms with Gasteiger partial charge in [0.05, 0.1) is 40.7 Å². The number of amides is 2. The van der Waals surface area contributed by atoms with Gasteiger partial charge in [0.15, 0.2) is 0 Å². The van der Waals surface area contributed by atoms with E-state index in [1.165, 1.54) is 4.90 Å². The number of nitrogens with zero attached hydrogens (tertiary/aromatic N) is 3. The maximum atomic E-state index is 12.4. The van der Waals surface area contributed by atoms with E-state index in [4.69, 9.17) is 4.74 Å². The summed E-state index contributed by atoms with van der Waals surface area (Å²) in [6, 6.07) is 7.50. The molecule has 1 saturated heterocycles. The third-order valence-electron chi connectivity index (χ3n) is 5.35. The molecule has 2 heterocycles. The Morgan fingerprint density at radius 1 is 1.07 bits per heavy atom. The Morgan fingerprint density at radius 2 is 1.68 bits per heavy atom. The van der Waals surface area contributed by atoms with Crippen LogP contribution in [-0.4, -0.2) is 39.2 Å². The van der Waals surface area contributed by atoms with E-state index in [0.717, 1.165) is 11.0 Å². The molecule has 0 bridgehead atoms. The molecule has 0 saturated carbocycles. The lowest BCUT2D eigenvalue weighted by Crippen LogP contribution is -2.33. The average molecular weight is 379 g/mol. The maximum Gasteiger partial charge on any atom is 0.307 e. The fourth-order valence-corrected chi connectivity index (χ4v) is 3.77. The molecule has 1 aliphatic heterocycles. The summed E-state index contributed by atoms with van der Waals surface area (Å²) in [6.45, 7) is 1.89. The largest absolute Gasteiger partial charge is 0.459 e. The summed E-state index contributed by atoms with van der Waals surface area (Å²) in [4.78, 5) is 47.1. The molecule has 1 aromatic carbocycles. The highest BCUT2D eigenvalue weighted by molar-refractivity contribution is 6.05. The summed E-state index contributed by atoms with van der Waals surface area (Å²) >= 11 is 0. The Morgan fingerprint density at radius 3 is 2.32 bits per heavy atom. The van der Waals surface area contributed by atoms with Gasteiger partial charge >= 0.3 is 5.97 Å². The molecule has 7 nitrogen and oxygen atoms in total. The number of carbonyl (C=O) groups excluding carboxylic acids is 3. The van der Waals surface area contributed by atoms with Gasteiger partial charge in [0, 0.05) is 6.54 Å². The lowest BCUT2D eigenvalue weighted by atomic mass is 9.85. The summed E-state index contributed by atoms with van der Waals surface area (Å²) in [6.07, 6.45) is 5.05. The predicted octanol–water partition coefficient (Wildman–Crippen LogP) is 2.32. The Bertz CT molecular complexity index is 959. The molecule has 0 unspecified atom stereocenters. The van der Waals surface area contributed by atoms with E-state index in [0.29, 0.717) is 24.2 Å². The van der Waals surface area contributed by atoms with Crippen molar-refractivity contribution in [1.29, 1.82) is 0 Å². The first kappa shape index (κ1) is 18.3. The monoisotopic (exact) mass is 379 g/mol.